The molecule has 0 spiro atoms. The van der Waals surface area contributed by atoms with Crippen LogP contribution in [0.1, 0.15) is 66.9 Å². The molecule has 1 aliphatic rings. The van der Waals surface area contributed by atoms with Gasteiger partial charge in [0.25, 0.3) is 5.91 Å². The van der Waals surface area contributed by atoms with Gasteiger partial charge in [0.1, 0.15) is 17.9 Å². The van der Waals surface area contributed by atoms with Crippen molar-refractivity contribution in [2.75, 3.05) is 0 Å². The lowest BCUT2D eigenvalue weighted by Gasteiger charge is -2.30. The highest BCUT2D eigenvalue weighted by atomic mass is 35.5. The Hall–Kier alpha value is -2.51. The van der Waals surface area contributed by atoms with Crippen molar-refractivity contribution in [3.63, 3.8) is 0 Å². The average Bonchev–Trinajstić information content (AvgIpc) is 2.68. The molecule has 3 rings (SSSR count). The SMILES string of the molecule is CC(C)c1ccc(C(=O)NC2CCCC(Oc3ccc(C#N)c(Cl)c3)C2)cc1. The molecule has 2 unspecified atom stereocenters. The molecule has 1 saturated carbocycles. The first-order valence-electron chi connectivity index (χ1n) is 9.73. The predicted octanol–water partition coefficient (Wildman–Crippen LogP) is 5.46. The molecule has 0 aromatic heterocycles. The molecule has 0 saturated heterocycles. The fraction of sp³-hybridized carbons (Fsp3) is 0.391. The first kappa shape index (κ1) is 20.2. The molecule has 0 bridgehead atoms. The molecule has 1 amide bonds. The van der Waals surface area contributed by atoms with Crippen molar-refractivity contribution in [1.82, 2.24) is 5.32 Å². The van der Waals surface area contributed by atoms with Crippen LogP contribution in [0.3, 0.4) is 0 Å². The third kappa shape index (κ3) is 5.05. The molecule has 1 aliphatic carbocycles. The summed E-state index contributed by atoms with van der Waals surface area (Å²) in [7, 11) is 0. The summed E-state index contributed by atoms with van der Waals surface area (Å²) in [6.45, 7) is 4.27. The maximum Gasteiger partial charge on any atom is 0.251 e. The van der Waals surface area contributed by atoms with Gasteiger partial charge in [0, 0.05) is 24.1 Å². The Bertz CT molecular complexity index is 871. The third-order valence-corrected chi connectivity index (χ3v) is 5.48. The number of amides is 1. The number of nitrogens with one attached hydrogen (secondary N) is 1. The van der Waals surface area contributed by atoms with Crippen molar-refractivity contribution in [1.29, 1.82) is 5.26 Å². The van der Waals surface area contributed by atoms with Crippen LogP contribution < -0.4 is 10.1 Å². The van der Waals surface area contributed by atoms with Crippen LogP contribution >= 0.6 is 11.6 Å². The van der Waals surface area contributed by atoms with Crippen molar-refractivity contribution < 1.29 is 9.53 Å². The standard InChI is InChI=1S/C23H25ClN2O2/c1-15(2)16-6-8-17(9-7-16)23(27)26-19-4-3-5-20(12-19)28-21-11-10-18(14-25)22(24)13-21/h6-11,13,15,19-20H,3-5,12H2,1-2H3,(H,26,27). The van der Waals surface area contributed by atoms with Gasteiger partial charge < -0.3 is 10.1 Å². The predicted molar refractivity (Wildman–Crippen MR) is 111 cm³/mol. The normalized spacial score (nSPS) is 19.1. The zero-order valence-corrected chi connectivity index (χ0v) is 17.0. The van der Waals surface area contributed by atoms with Gasteiger partial charge in [-0.15, -0.1) is 0 Å². The molecule has 2 aromatic carbocycles. The highest BCUT2D eigenvalue weighted by Gasteiger charge is 2.25. The number of ether oxygens (including phenoxy) is 1. The molecule has 4 nitrogen and oxygen atoms in total. The maximum absolute atomic E-state index is 12.6. The molecule has 2 atom stereocenters. The summed E-state index contributed by atoms with van der Waals surface area (Å²) in [6, 6.07) is 15.1. The van der Waals surface area contributed by atoms with E-state index in [0.29, 0.717) is 27.8 Å². The van der Waals surface area contributed by atoms with Crippen LogP contribution in [0, 0.1) is 11.3 Å². The Kier molecular flexibility index (Phi) is 6.59. The van der Waals surface area contributed by atoms with Gasteiger partial charge >= 0.3 is 0 Å². The second-order valence-corrected chi connectivity index (χ2v) is 8.01. The first-order chi connectivity index (χ1) is 13.5. The Balaban J connectivity index is 1.58. The molecule has 28 heavy (non-hydrogen) atoms. The summed E-state index contributed by atoms with van der Waals surface area (Å²) in [6.07, 6.45) is 3.65. The van der Waals surface area contributed by atoms with E-state index >= 15 is 0 Å². The fourth-order valence-corrected chi connectivity index (χ4v) is 3.74. The van der Waals surface area contributed by atoms with Gasteiger partial charge in [0.2, 0.25) is 0 Å². The highest BCUT2D eigenvalue weighted by molar-refractivity contribution is 6.31. The van der Waals surface area contributed by atoms with Crippen molar-refractivity contribution in [3.8, 4) is 11.8 Å². The van der Waals surface area contributed by atoms with Gasteiger partial charge in [-0.2, -0.15) is 5.26 Å². The van der Waals surface area contributed by atoms with E-state index in [1.165, 1.54) is 5.56 Å². The summed E-state index contributed by atoms with van der Waals surface area (Å²) >= 11 is 6.08. The zero-order valence-electron chi connectivity index (χ0n) is 16.2. The second-order valence-electron chi connectivity index (χ2n) is 7.61. The Morgan fingerprint density at radius 1 is 1.21 bits per heavy atom. The second kappa shape index (κ2) is 9.12. The smallest absolute Gasteiger partial charge is 0.251 e. The number of carbonyl (C=O) groups excluding carboxylic acids is 1. The molecule has 1 N–H and O–H groups in total. The summed E-state index contributed by atoms with van der Waals surface area (Å²) in [4.78, 5) is 12.6. The third-order valence-electron chi connectivity index (χ3n) is 5.16. The van der Waals surface area contributed by atoms with Crippen LogP contribution in [-0.4, -0.2) is 18.1 Å². The lowest BCUT2D eigenvalue weighted by atomic mass is 9.92. The van der Waals surface area contributed by atoms with Crippen LogP contribution in [0.5, 0.6) is 5.75 Å². The molecular weight excluding hydrogens is 372 g/mol. The Morgan fingerprint density at radius 3 is 2.61 bits per heavy atom. The van der Waals surface area contributed by atoms with E-state index in [0.717, 1.165) is 25.7 Å². The van der Waals surface area contributed by atoms with Gasteiger partial charge in [0.05, 0.1) is 10.6 Å². The van der Waals surface area contributed by atoms with E-state index in [9.17, 15) is 4.79 Å². The van der Waals surface area contributed by atoms with Gasteiger partial charge in [-0.1, -0.05) is 37.6 Å². The highest BCUT2D eigenvalue weighted by Crippen LogP contribution is 2.27. The molecule has 1 fully saturated rings. The fourth-order valence-electron chi connectivity index (χ4n) is 3.52. The van der Waals surface area contributed by atoms with Crippen LogP contribution in [-0.2, 0) is 0 Å². The quantitative estimate of drug-likeness (QED) is 0.730. The van der Waals surface area contributed by atoms with E-state index in [1.807, 2.05) is 30.3 Å². The van der Waals surface area contributed by atoms with Crippen LogP contribution in [0.2, 0.25) is 5.02 Å². The number of nitriles is 1. The minimum atomic E-state index is -0.0395. The monoisotopic (exact) mass is 396 g/mol. The molecule has 0 heterocycles. The molecule has 5 heteroatoms. The van der Waals surface area contributed by atoms with Gasteiger partial charge in [0.15, 0.2) is 0 Å². The van der Waals surface area contributed by atoms with Crippen molar-refractivity contribution in [3.05, 3.63) is 64.2 Å². The van der Waals surface area contributed by atoms with Gasteiger partial charge in [-0.25, -0.2) is 0 Å². The zero-order chi connectivity index (χ0) is 20.1. The van der Waals surface area contributed by atoms with E-state index < -0.39 is 0 Å². The Morgan fingerprint density at radius 2 is 1.96 bits per heavy atom. The summed E-state index contributed by atoms with van der Waals surface area (Å²) in [5.74, 6) is 1.07. The van der Waals surface area contributed by atoms with Gasteiger partial charge in [-0.05, 0) is 55.0 Å². The number of halogens is 1. The van der Waals surface area contributed by atoms with E-state index in [4.69, 9.17) is 21.6 Å². The lowest BCUT2D eigenvalue weighted by Crippen LogP contribution is -2.41. The van der Waals surface area contributed by atoms with E-state index in [1.54, 1.807) is 18.2 Å². The summed E-state index contributed by atoms with van der Waals surface area (Å²) in [5.41, 5.74) is 2.35. The lowest BCUT2D eigenvalue weighted by molar-refractivity contribution is 0.0882. The van der Waals surface area contributed by atoms with Crippen molar-refractivity contribution in [2.45, 2.75) is 57.6 Å². The minimum Gasteiger partial charge on any atom is -0.490 e. The number of hydrogen-bond acceptors (Lipinski definition) is 3. The molecular formula is C23H25ClN2O2. The molecule has 0 aliphatic heterocycles. The van der Waals surface area contributed by atoms with Crippen molar-refractivity contribution >= 4 is 17.5 Å². The number of nitrogens with zero attached hydrogens (tertiary/aromatic N) is 1. The number of benzene rings is 2. The largest absolute Gasteiger partial charge is 0.490 e. The maximum atomic E-state index is 12.6. The Labute approximate surface area is 171 Å². The van der Waals surface area contributed by atoms with E-state index in [-0.39, 0.29) is 18.1 Å². The summed E-state index contributed by atoms with van der Waals surface area (Å²) < 4.78 is 6.05. The van der Waals surface area contributed by atoms with E-state index in [2.05, 4.69) is 19.2 Å². The minimum absolute atomic E-state index is 0.0198. The topological polar surface area (TPSA) is 62.1 Å². The number of carbonyl (C=O) groups is 1. The number of rotatable bonds is 5. The average molecular weight is 397 g/mol. The molecule has 146 valence electrons. The van der Waals surface area contributed by atoms with Crippen LogP contribution in [0.25, 0.3) is 0 Å². The van der Waals surface area contributed by atoms with Gasteiger partial charge in [-0.3, -0.25) is 4.79 Å². The van der Waals surface area contributed by atoms with Crippen molar-refractivity contribution in [2.24, 2.45) is 0 Å². The first-order valence-corrected chi connectivity index (χ1v) is 10.1. The molecule has 0 radical (unpaired) electrons. The molecule has 2 aromatic rings. The van der Waals surface area contributed by atoms with Crippen LogP contribution in [0.4, 0.5) is 0 Å². The summed E-state index contributed by atoms with van der Waals surface area (Å²) in [5, 5.41) is 12.5. The van der Waals surface area contributed by atoms with Crippen LogP contribution in [0.15, 0.2) is 42.5 Å². The number of hydrogen-bond donors (Lipinski definition) is 1.